The Balaban J connectivity index is 1.95. The van der Waals surface area contributed by atoms with Crippen molar-refractivity contribution in [3.63, 3.8) is 0 Å². The van der Waals surface area contributed by atoms with E-state index in [1.54, 1.807) is 18.2 Å². The smallest absolute Gasteiger partial charge is 0.241 e. The van der Waals surface area contributed by atoms with E-state index in [2.05, 4.69) is 9.71 Å². The fourth-order valence-corrected chi connectivity index (χ4v) is 4.79. The molecule has 1 aromatic heterocycles. The van der Waals surface area contributed by atoms with Gasteiger partial charge in [0.15, 0.2) is 0 Å². The molecule has 0 atom stereocenters. The predicted molar refractivity (Wildman–Crippen MR) is 107 cm³/mol. The molecule has 2 aromatic carbocycles. The Kier molecular flexibility index (Phi) is 5.74. The summed E-state index contributed by atoms with van der Waals surface area (Å²) in [6.07, 6.45) is 0. The van der Waals surface area contributed by atoms with Crippen LogP contribution in [0.4, 0.5) is 4.39 Å². The van der Waals surface area contributed by atoms with Gasteiger partial charge in [-0.25, -0.2) is 22.5 Å². The average molecular weight is 405 g/mol. The molecule has 0 saturated carbocycles. The van der Waals surface area contributed by atoms with Crippen LogP contribution in [0.3, 0.4) is 0 Å². The monoisotopic (exact) mass is 404 g/mol. The average Bonchev–Trinajstić information content (AvgIpc) is 3.07. The van der Waals surface area contributed by atoms with Crippen LogP contribution in [0.25, 0.3) is 11.3 Å². The summed E-state index contributed by atoms with van der Waals surface area (Å²) in [5.74, 6) is -0.302. The highest BCUT2D eigenvalue weighted by atomic mass is 32.2. The first kappa shape index (κ1) is 19.7. The number of benzene rings is 2. The number of aromatic nitrogens is 1. The second kappa shape index (κ2) is 7.88. The van der Waals surface area contributed by atoms with Crippen molar-refractivity contribution >= 4 is 21.4 Å². The van der Waals surface area contributed by atoms with Crippen molar-refractivity contribution in [3.05, 3.63) is 69.8 Å². The highest BCUT2D eigenvalue weighted by molar-refractivity contribution is 7.89. The third-order valence-corrected chi connectivity index (χ3v) is 6.45. The molecule has 142 valence electrons. The van der Waals surface area contributed by atoms with E-state index < -0.39 is 10.0 Å². The van der Waals surface area contributed by atoms with Crippen LogP contribution >= 0.6 is 11.3 Å². The number of thiazole rings is 1. The van der Waals surface area contributed by atoms with Gasteiger partial charge in [0.25, 0.3) is 0 Å². The van der Waals surface area contributed by atoms with Crippen molar-refractivity contribution in [1.29, 1.82) is 0 Å². The first-order valence-electron chi connectivity index (χ1n) is 8.57. The van der Waals surface area contributed by atoms with Gasteiger partial charge in [0.1, 0.15) is 5.82 Å². The van der Waals surface area contributed by atoms with Gasteiger partial charge >= 0.3 is 0 Å². The molecule has 0 aliphatic rings. The number of hydrogen-bond donors (Lipinski definition) is 1. The second-order valence-electron chi connectivity index (χ2n) is 6.61. The summed E-state index contributed by atoms with van der Waals surface area (Å²) in [5, 5.41) is 2.85. The van der Waals surface area contributed by atoms with Crippen LogP contribution in [0.2, 0.25) is 0 Å². The number of rotatable bonds is 6. The maximum Gasteiger partial charge on any atom is 0.241 e. The van der Waals surface area contributed by atoms with Crippen molar-refractivity contribution in [2.45, 2.75) is 38.1 Å². The zero-order valence-corrected chi connectivity index (χ0v) is 17.0. The van der Waals surface area contributed by atoms with Crippen molar-refractivity contribution in [3.8, 4) is 11.3 Å². The zero-order chi connectivity index (χ0) is 19.6. The quantitative estimate of drug-likeness (QED) is 0.638. The zero-order valence-electron chi connectivity index (χ0n) is 15.4. The van der Waals surface area contributed by atoms with Gasteiger partial charge in [-0.1, -0.05) is 38.1 Å². The molecule has 0 unspecified atom stereocenters. The lowest BCUT2D eigenvalue weighted by atomic mass is 10.0. The van der Waals surface area contributed by atoms with E-state index in [1.165, 1.54) is 23.5 Å². The Morgan fingerprint density at radius 2 is 1.85 bits per heavy atom. The standard InChI is InChI=1S/C20H21FN2O2S2/c1-13(2)18-9-6-16(19-12-26-14(3)23-19)10-20(18)27(24,25)22-11-15-4-7-17(21)8-5-15/h4-10,12-13,22H,11H2,1-3H3. The predicted octanol–water partition coefficient (Wildman–Crippen LogP) is 4.86. The molecule has 1 N–H and O–H groups in total. The number of halogens is 1. The van der Waals surface area contributed by atoms with Crippen LogP contribution in [0, 0.1) is 12.7 Å². The van der Waals surface area contributed by atoms with Gasteiger partial charge in [-0.3, -0.25) is 0 Å². The largest absolute Gasteiger partial charge is 0.242 e. The van der Waals surface area contributed by atoms with Gasteiger partial charge in [0.05, 0.1) is 15.6 Å². The highest BCUT2D eigenvalue weighted by Crippen LogP contribution is 2.30. The van der Waals surface area contributed by atoms with E-state index >= 15 is 0 Å². The summed E-state index contributed by atoms with van der Waals surface area (Å²) < 4.78 is 41.6. The van der Waals surface area contributed by atoms with E-state index in [9.17, 15) is 12.8 Å². The van der Waals surface area contributed by atoms with Gasteiger partial charge in [-0.2, -0.15) is 0 Å². The van der Waals surface area contributed by atoms with Gasteiger partial charge in [0.2, 0.25) is 10.0 Å². The first-order chi connectivity index (χ1) is 12.8. The molecule has 0 amide bonds. The van der Waals surface area contributed by atoms with E-state index in [0.717, 1.165) is 21.8 Å². The molecule has 0 fully saturated rings. The van der Waals surface area contributed by atoms with Crippen LogP contribution in [0.15, 0.2) is 52.7 Å². The van der Waals surface area contributed by atoms with Crippen LogP contribution in [-0.4, -0.2) is 13.4 Å². The van der Waals surface area contributed by atoms with Crippen LogP contribution in [0.5, 0.6) is 0 Å². The van der Waals surface area contributed by atoms with Gasteiger partial charge in [-0.05, 0) is 42.2 Å². The summed E-state index contributed by atoms with van der Waals surface area (Å²) in [6, 6.07) is 11.2. The lowest BCUT2D eigenvalue weighted by molar-refractivity contribution is 0.579. The highest BCUT2D eigenvalue weighted by Gasteiger charge is 2.21. The Bertz CT molecular complexity index is 1040. The molecule has 4 nitrogen and oxygen atoms in total. The maximum absolute atomic E-state index is 13.0. The molecule has 3 rings (SSSR count). The minimum atomic E-state index is -3.74. The lowest BCUT2D eigenvalue weighted by Gasteiger charge is -2.15. The third-order valence-electron chi connectivity index (χ3n) is 4.22. The Morgan fingerprint density at radius 1 is 1.15 bits per heavy atom. The van der Waals surface area contributed by atoms with Gasteiger partial charge < -0.3 is 0 Å². The van der Waals surface area contributed by atoms with Gasteiger partial charge in [0, 0.05) is 17.5 Å². The van der Waals surface area contributed by atoms with Crippen molar-refractivity contribution < 1.29 is 12.8 Å². The molecule has 0 radical (unpaired) electrons. The minimum absolute atomic E-state index is 0.0496. The summed E-state index contributed by atoms with van der Waals surface area (Å²) in [4.78, 5) is 4.70. The first-order valence-corrected chi connectivity index (χ1v) is 10.9. The molecule has 3 aromatic rings. The Morgan fingerprint density at radius 3 is 2.44 bits per heavy atom. The maximum atomic E-state index is 13.0. The second-order valence-corrected chi connectivity index (χ2v) is 9.41. The summed E-state index contributed by atoms with van der Waals surface area (Å²) in [7, 11) is -3.74. The molecule has 0 bridgehead atoms. The SMILES string of the molecule is Cc1nc(-c2ccc(C(C)C)c(S(=O)(=O)NCc3ccc(F)cc3)c2)cs1. The normalized spacial score (nSPS) is 11.9. The topological polar surface area (TPSA) is 59.1 Å². The molecule has 1 heterocycles. The number of aryl methyl sites for hydroxylation is 1. The molecule has 0 aliphatic heterocycles. The molecule has 0 aliphatic carbocycles. The van der Waals surface area contributed by atoms with Crippen LogP contribution < -0.4 is 4.72 Å². The minimum Gasteiger partial charge on any atom is -0.242 e. The van der Waals surface area contributed by atoms with Gasteiger partial charge in [-0.15, -0.1) is 11.3 Å². The van der Waals surface area contributed by atoms with Crippen molar-refractivity contribution in [2.75, 3.05) is 0 Å². The fourth-order valence-electron chi connectivity index (χ4n) is 2.76. The van der Waals surface area contributed by atoms with E-state index in [-0.39, 0.29) is 23.2 Å². The Hall–Kier alpha value is -2.09. The molecular formula is C20H21FN2O2S2. The molecule has 27 heavy (non-hydrogen) atoms. The fraction of sp³-hybridized carbons (Fsp3) is 0.250. The summed E-state index contributed by atoms with van der Waals surface area (Å²) in [5.41, 5.74) is 2.98. The van der Waals surface area contributed by atoms with E-state index in [1.807, 2.05) is 38.3 Å². The van der Waals surface area contributed by atoms with Crippen LogP contribution in [-0.2, 0) is 16.6 Å². The molecule has 7 heteroatoms. The van der Waals surface area contributed by atoms with E-state index in [0.29, 0.717) is 5.56 Å². The van der Waals surface area contributed by atoms with Crippen molar-refractivity contribution in [2.24, 2.45) is 0 Å². The number of hydrogen-bond acceptors (Lipinski definition) is 4. The third kappa shape index (κ3) is 4.61. The van der Waals surface area contributed by atoms with Crippen molar-refractivity contribution in [1.82, 2.24) is 9.71 Å². The van der Waals surface area contributed by atoms with E-state index in [4.69, 9.17) is 0 Å². The van der Waals surface area contributed by atoms with Crippen LogP contribution in [0.1, 0.15) is 35.9 Å². The molecular weight excluding hydrogens is 383 g/mol. The summed E-state index contributed by atoms with van der Waals surface area (Å²) in [6.45, 7) is 5.93. The number of nitrogens with zero attached hydrogens (tertiary/aromatic N) is 1. The number of sulfonamides is 1. The summed E-state index contributed by atoms with van der Waals surface area (Å²) >= 11 is 1.52. The Labute approximate surface area is 163 Å². The lowest BCUT2D eigenvalue weighted by Crippen LogP contribution is -2.24. The number of nitrogens with one attached hydrogen (secondary N) is 1. The molecule has 0 spiro atoms. The molecule has 0 saturated heterocycles.